The summed E-state index contributed by atoms with van der Waals surface area (Å²) >= 11 is 6.03. The Hall–Kier alpha value is -2.40. The van der Waals surface area contributed by atoms with Gasteiger partial charge in [-0.1, -0.05) is 48.0 Å². The lowest BCUT2D eigenvalue weighted by Gasteiger charge is -2.14. The first-order chi connectivity index (χ1) is 12.0. The summed E-state index contributed by atoms with van der Waals surface area (Å²) in [6.45, 7) is -0.00754. The maximum absolute atomic E-state index is 13.9. The second kappa shape index (κ2) is 7.23. The van der Waals surface area contributed by atoms with Crippen LogP contribution >= 0.6 is 11.6 Å². The molecule has 0 heterocycles. The van der Waals surface area contributed by atoms with Crippen LogP contribution in [0.4, 0.5) is 4.39 Å². The lowest BCUT2D eigenvalue weighted by Crippen LogP contribution is -2.33. The average molecular weight is 362 g/mol. The minimum Gasteiger partial charge on any atom is -0.481 e. The third-order valence-electron chi connectivity index (χ3n) is 4.48. The van der Waals surface area contributed by atoms with Gasteiger partial charge in [0.05, 0.1) is 5.92 Å². The molecule has 2 aromatic rings. The summed E-state index contributed by atoms with van der Waals surface area (Å²) in [6, 6.07) is 13.2. The number of nitrogens with one attached hydrogen (secondary N) is 1. The van der Waals surface area contributed by atoms with Gasteiger partial charge in [-0.25, -0.2) is 4.39 Å². The summed E-state index contributed by atoms with van der Waals surface area (Å²) in [5.41, 5.74) is 0.988. The van der Waals surface area contributed by atoms with E-state index < -0.39 is 17.7 Å². The van der Waals surface area contributed by atoms with E-state index in [0.717, 1.165) is 0 Å². The SMILES string of the molecule is O=C(O)C(CNC(=O)C1CC1c1c(F)cccc1Cl)c1ccccc1. The third kappa shape index (κ3) is 3.82. The Labute approximate surface area is 149 Å². The molecule has 2 aromatic carbocycles. The van der Waals surface area contributed by atoms with Crippen molar-refractivity contribution in [3.05, 3.63) is 70.5 Å². The van der Waals surface area contributed by atoms with Crippen LogP contribution in [0.15, 0.2) is 48.5 Å². The Morgan fingerprint density at radius 1 is 1.20 bits per heavy atom. The van der Waals surface area contributed by atoms with E-state index in [9.17, 15) is 19.1 Å². The second-order valence-electron chi connectivity index (χ2n) is 6.13. The Morgan fingerprint density at radius 3 is 2.56 bits per heavy atom. The van der Waals surface area contributed by atoms with Crippen molar-refractivity contribution in [2.24, 2.45) is 5.92 Å². The molecule has 1 fully saturated rings. The molecule has 6 heteroatoms. The van der Waals surface area contributed by atoms with E-state index in [1.54, 1.807) is 36.4 Å². The first-order valence-corrected chi connectivity index (χ1v) is 8.36. The fourth-order valence-corrected chi connectivity index (χ4v) is 3.34. The van der Waals surface area contributed by atoms with E-state index in [4.69, 9.17) is 11.6 Å². The zero-order chi connectivity index (χ0) is 18.0. The fourth-order valence-electron chi connectivity index (χ4n) is 3.04. The second-order valence-corrected chi connectivity index (χ2v) is 6.54. The van der Waals surface area contributed by atoms with Gasteiger partial charge in [-0.3, -0.25) is 9.59 Å². The van der Waals surface area contributed by atoms with Gasteiger partial charge in [0.2, 0.25) is 5.91 Å². The van der Waals surface area contributed by atoms with Crippen molar-refractivity contribution in [3.8, 4) is 0 Å². The highest BCUT2D eigenvalue weighted by molar-refractivity contribution is 6.31. The van der Waals surface area contributed by atoms with Crippen LogP contribution in [0, 0.1) is 11.7 Å². The van der Waals surface area contributed by atoms with Crippen LogP contribution in [0.25, 0.3) is 0 Å². The zero-order valence-corrected chi connectivity index (χ0v) is 14.0. The topological polar surface area (TPSA) is 66.4 Å². The van der Waals surface area contributed by atoms with Gasteiger partial charge in [0, 0.05) is 29.0 Å². The quantitative estimate of drug-likeness (QED) is 0.826. The molecule has 3 rings (SSSR count). The lowest BCUT2D eigenvalue weighted by molar-refractivity contribution is -0.138. The largest absolute Gasteiger partial charge is 0.481 e. The molecule has 0 aromatic heterocycles. The molecule has 3 unspecified atom stereocenters. The van der Waals surface area contributed by atoms with Gasteiger partial charge in [0.1, 0.15) is 5.82 Å². The van der Waals surface area contributed by atoms with Gasteiger partial charge in [-0.2, -0.15) is 0 Å². The number of carbonyl (C=O) groups excluding carboxylic acids is 1. The summed E-state index contributed by atoms with van der Waals surface area (Å²) in [5.74, 6) is -3.14. The highest BCUT2D eigenvalue weighted by Crippen LogP contribution is 2.50. The normalized spacial score (nSPS) is 19.9. The number of carboxylic acids is 1. The van der Waals surface area contributed by atoms with Crippen LogP contribution in [0.5, 0.6) is 0 Å². The van der Waals surface area contributed by atoms with E-state index in [-0.39, 0.29) is 24.3 Å². The molecule has 130 valence electrons. The molecule has 0 saturated heterocycles. The van der Waals surface area contributed by atoms with Crippen molar-refractivity contribution in [3.63, 3.8) is 0 Å². The molecule has 0 aliphatic heterocycles. The minimum atomic E-state index is -1.00. The molecular weight excluding hydrogens is 345 g/mol. The van der Waals surface area contributed by atoms with Crippen LogP contribution in [0.3, 0.4) is 0 Å². The molecule has 2 N–H and O–H groups in total. The van der Waals surface area contributed by atoms with Crippen LogP contribution in [0.1, 0.15) is 29.4 Å². The number of carbonyl (C=O) groups is 2. The first kappa shape index (κ1) is 17.4. The minimum absolute atomic E-state index is 0.00754. The summed E-state index contributed by atoms with van der Waals surface area (Å²) < 4.78 is 13.9. The number of halogens is 2. The molecule has 1 amide bonds. The predicted octanol–water partition coefficient (Wildman–Crippen LogP) is 3.57. The lowest BCUT2D eigenvalue weighted by atomic mass is 9.99. The van der Waals surface area contributed by atoms with Crippen molar-refractivity contribution in [1.29, 1.82) is 0 Å². The summed E-state index contributed by atoms with van der Waals surface area (Å²) in [5, 5.41) is 12.4. The monoisotopic (exact) mass is 361 g/mol. The predicted molar refractivity (Wildman–Crippen MR) is 92.1 cm³/mol. The van der Waals surface area contributed by atoms with E-state index in [1.165, 1.54) is 12.1 Å². The Balaban J connectivity index is 1.63. The summed E-state index contributed by atoms with van der Waals surface area (Å²) in [7, 11) is 0. The van der Waals surface area contributed by atoms with Crippen molar-refractivity contribution < 1.29 is 19.1 Å². The summed E-state index contributed by atoms with van der Waals surface area (Å²) in [4.78, 5) is 23.8. The van der Waals surface area contributed by atoms with Crippen molar-refractivity contribution in [1.82, 2.24) is 5.32 Å². The van der Waals surface area contributed by atoms with Crippen LogP contribution in [0.2, 0.25) is 5.02 Å². The van der Waals surface area contributed by atoms with E-state index in [1.807, 2.05) is 0 Å². The maximum atomic E-state index is 13.9. The Kier molecular flexibility index (Phi) is 5.04. The van der Waals surface area contributed by atoms with Gasteiger partial charge in [0.15, 0.2) is 0 Å². The summed E-state index contributed by atoms with van der Waals surface area (Å²) in [6.07, 6.45) is 0.509. The van der Waals surface area contributed by atoms with Crippen LogP contribution in [-0.2, 0) is 9.59 Å². The van der Waals surface area contributed by atoms with Crippen molar-refractivity contribution in [2.75, 3.05) is 6.54 Å². The average Bonchev–Trinajstić information content (AvgIpc) is 3.36. The molecule has 4 nitrogen and oxygen atoms in total. The zero-order valence-electron chi connectivity index (χ0n) is 13.3. The van der Waals surface area contributed by atoms with Crippen molar-refractivity contribution >= 4 is 23.5 Å². The highest BCUT2D eigenvalue weighted by atomic mass is 35.5. The number of rotatable bonds is 6. The van der Waals surface area contributed by atoms with Gasteiger partial charge >= 0.3 is 5.97 Å². The molecule has 25 heavy (non-hydrogen) atoms. The molecule has 1 aliphatic rings. The van der Waals surface area contributed by atoms with Gasteiger partial charge in [0.25, 0.3) is 0 Å². The Bertz CT molecular complexity index is 776. The molecule has 0 bridgehead atoms. The van der Waals surface area contributed by atoms with Crippen LogP contribution in [-0.4, -0.2) is 23.5 Å². The Morgan fingerprint density at radius 2 is 1.92 bits per heavy atom. The van der Waals surface area contributed by atoms with Gasteiger partial charge in [-0.15, -0.1) is 0 Å². The fraction of sp³-hybridized carbons (Fsp3) is 0.263. The van der Waals surface area contributed by atoms with Crippen LogP contribution < -0.4 is 5.32 Å². The maximum Gasteiger partial charge on any atom is 0.312 e. The number of amides is 1. The third-order valence-corrected chi connectivity index (χ3v) is 4.81. The number of hydrogen-bond acceptors (Lipinski definition) is 2. The first-order valence-electron chi connectivity index (χ1n) is 7.98. The smallest absolute Gasteiger partial charge is 0.312 e. The molecular formula is C19H17ClFNO3. The van der Waals surface area contributed by atoms with E-state index >= 15 is 0 Å². The number of hydrogen-bond donors (Lipinski definition) is 2. The van der Waals surface area contributed by atoms with Crippen molar-refractivity contribution in [2.45, 2.75) is 18.3 Å². The highest BCUT2D eigenvalue weighted by Gasteiger charge is 2.46. The van der Waals surface area contributed by atoms with Gasteiger partial charge < -0.3 is 10.4 Å². The molecule has 1 saturated carbocycles. The molecule has 0 spiro atoms. The molecule has 3 atom stereocenters. The standard InChI is InChI=1S/C19H17ClFNO3/c20-15-7-4-8-16(21)17(15)12-9-13(12)18(23)22-10-14(19(24)25)11-5-2-1-3-6-11/h1-8,12-14H,9-10H2,(H,22,23)(H,24,25). The van der Waals surface area contributed by atoms with Gasteiger partial charge in [-0.05, 0) is 24.1 Å². The van der Waals surface area contributed by atoms with E-state index in [2.05, 4.69) is 5.32 Å². The number of carboxylic acid groups (broad SMARTS) is 1. The molecule has 0 radical (unpaired) electrons. The van der Waals surface area contributed by atoms with E-state index in [0.29, 0.717) is 22.6 Å². The number of benzene rings is 2. The number of aliphatic carboxylic acids is 1. The molecule has 1 aliphatic carbocycles.